The topological polar surface area (TPSA) is 69.6 Å². The average molecular weight is 282 g/mol. The van der Waals surface area contributed by atoms with Crippen molar-refractivity contribution in [2.45, 2.75) is 52.0 Å². The molecule has 0 bridgehead atoms. The minimum absolute atomic E-state index is 0.239. The van der Waals surface area contributed by atoms with E-state index >= 15 is 0 Å². The zero-order chi connectivity index (χ0) is 15.2. The molecule has 20 heavy (non-hydrogen) atoms. The number of rotatable bonds is 6. The number of carboxylic acid groups (broad SMARTS) is 1. The van der Waals surface area contributed by atoms with Gasteiger partial charge in [0.05, 0.1) is 0 Å². The number of nitrogens with one attached hydrogen (secondary N) is 1. The number of hydrogen-bond acceptors (Lipinski definition) is 2. The number of hydrogen-bond donors (Lipinski definition) is 2. The first-order valence-corrected chi connectivity index (χ1v) is 7.37. The quantitative estimate of drug-likeness (QED) is 0.736. The molecule has 1 unspecified atom stereocenters. The van der Waals surface area contributed by atoms with Crippen LogP contribution in [0.2, 0.25) is 0 Å². The van der Waals surface area contributed by atoms with E-state index in [9.17, 15) is 9.59 Å². The van der Waals surface area contributed by atoms with Crippen molar-refractivity contribution in [2.75, 3.05) is 13.1 Å². The molecule has 114 valence electrons. The summed E-state index contributed by atoms with van der Waals surface area (Å²) in [5.74, 6) is -1.02. The van der Waals surface area contributed by atoms with Crippen LogP contribution in [0.25, 0.3) is 0 Å². The lowest BCUT2D eigenvalue weighted by atomic mass is 9.74. The molecule has 2 N–H and O–H groups in total. The second-order valence-electron chi connectivity index (χ2n) is 5.56. The van der Waals surface area contributed by atoms with Gasteiger partial charge >= 0.3 is 12.0 Å². The lowest BCUT2D eigenvalue weighted by molar-refractivity contribution is -0.139. The summed E-state index contributed by atoms with van der Waals surface area (Å²) >= 11 is 0. The van der Waals surface area contributed by atoms with Crippen molar-refractivity contribution in [3.8, 4) is 0 Å². The third kappa shape index (κ3) is 3.99. The molecule has 0 saturated carbocycles. The second kappa shape index (κ2) is 7.31. The highest BCUT2D eigenvalue weighted by atomic mass is 16.4. The maximum absolute atomic E-state index is 12.1. The van der Waals surface area contributed by atoms with Crippen molar-refractivity contribution < 1.29 is 14.7 Å². The van der Waals surface area contributed by atoms with Crippen LogP contribution in [0.4, 0.5) is 4.79 Å². The first-order valence-electron chi connectivity index (χ1n) is 7.37. The predicted molar refractivity (Wildman–Crippen MR) is 78.6 cm³/mol. The molecule has 1 aliphatic heterocycles. The molecule has 1 aliphatic rings. The van der Waals surface area contributed by atoms with Crippen molar-refractivity contribution in [1.82, 2.24) is 10.2 Å². The van der Waals surface area contributed by atoms with Crippen LogP contribution in [0.15, 0.2) is 12.7 Å². The predicted octanol–water partition coefficient (Wildman–Crippen LogP) is 2.63. The molecule has 0 radical (unpaired) electrons. The van der Waals surface area contributed by atoms with Crippen LogP contribution in [-0.4, -0.2) is 41.1 Å². The molecule has 0 aromatic rings. The van der Waals surface area contributed by atoms with Crippen LogP contribution in [-0.2, 0) is 4.79 Å². The molecule has 1 heterocycles. The average Bonchev–Trinajstić information content (AvgIpc) is 2.46. The SMILES string of the molecule is C=CCC(NC(=O)N1CCC(CC)(CC)CC1)C(=O)O. The summed E-state index contributed by atoms with van der Waals surface area (Å²) in [7, 11) is 0. The number of carbonyl (C=O) groups is 2. The van der Waals surface area contributed by atoms with Gasteiger partial charge in [0, 0.05) is 13.1 Å². The zero-order valence-corrected chi connectivity index (χ0v) is 12.5. The van der Waals surface area contributed by atoms with E-state index < -0.39 is 12.0 Å². The summed E-state index contributed by atoms with van der Waals surface area (Å²) in [6.07, 6.45) is 6.00. The maximum Gasteiger partial charge on any atom is 0.326 e. The molecule has 1 atom stereocenters. The number of nitrogens with zero attached hydrogens (tertiary/aromatic N) is 1. The first-order chi connectivity index (χ1) is 9.48. The smallest absolute Gasteiger partial charge is 0.326 e. The molecule has 2 amide bonds. The lowest BCUT2D eigenvalue weighted by Gasteiger charge is -2.41. The van der Waals surface area contributed by atoms with E-state index in [1.54, 1.807) is 4.90 Å². The van der Waals surface area contributed by atoms with Gasteiger partial charge in [0.1, 0.15) is 6.04 Å². The molecule has 0 aromatic heterocycles. The van der Waals surface area contributed by atoms with Gasteiger partial charge in [0.2, 0.25) is 0 Å². The summed E-state index contributed by atoms with van der Waals surface area (Å²) in [4.78, 5) is 24.8. The lowest BCUT2D eigenvalue weighted by Crippen LogP contribution is -2.51. The molecule has 0 aromatic carbocycles. The van der Waals surface area contributed by atoms with Crippen LogP contribution < -0.4 is 5.32 Å². The Balaban J connectivity index is 2.54. The van der Waals surface area contributed by atoms with E-state index in [-0.39, 0.29) is 12.5 Å². The third-order valence-electron chi connectivity index (χ3n) is 4.61. The van der Waals surface area contributed by atoms with Crippen molar-refractivity contribution in [3.63, 3.8) is 0 Å². The Morgan fingerprint density at radius 1 is 1.35 bits per heavy atom. The Morgan fingerprint density at radius 3 is 2.30 bits per heavy atom. The van der Waals surface area contributed by atoms with E-state index in [1.807, 2.05) is 0 Å². The molecule has 0 aliphatic carbocycles. The van der Waals surface area contributed by atoms with Crippen LogP contribution in [0.5, 0.6) is 0 Å². The highest BCUT2D eigenvalue weighted by Crippen LogP contribution is 2.37. The van der Waals surface area contributed by atoms with E-state index in [2.05, 4.69) is 25.7 Å². The normalized spacial score (nSPS) is 19.2. The highest BCUT2D eigenvalue weighted by molar-refractivity contribution is 5.82. The molecule has 5 heteroatoms. The fourth-order valence-electron chi connectivity index (χ4n) is 2.77. The van der Waals surface area contributed by atoms with Gasteiger partial charge in [-0.2, -0.15) is 0 Å². The van der Waals surface area contributed by atoms with E-state index in [0.717, 1.165) is 25.7 Å². The molecule has 5 nitrogen and oxygen atoms in total. The van der Waals surface area contributed by atoms with Crippen molar-refractivity contribution in [3.05, 3.63) is 12.7 Å². The zero-order valence-electron chi connectivity index (χ0n) is 12.5. The summed E-state index contributed by atoms with van der Waals surface area (Å²) < 4.78 is 0. The minimum Gasteiger partial charge on any atom is -0.480 e. The van der Waals surface area contributed by atoms with Crippen LogP contribution in [0.3, 0.4) is 0 Å². The monoisotopic (exact) mass is 282 g/mol. The Hall–Kier alpha value is -1.52. The molecule has 0 spiro atoms. The van der Waals surface area contributed by atoms with Gasteiger partial charge in [-0.3, -0.25) is 0 Å². The standard InChI is InChI=1S/C15H26N2O3/c1-4-7-12(13(18)19)16-14(20)17-10-8-15(5-2,6-3)9-11-17/h4,12H,1,5-11H2,2-3H3,(H,16,20)(H,18,19). The van der Waals surface area contributed by atoms with Crippen molar-refractivity contribution >= 4 is 12.0 Å². The molecular formula is C15H26N2O3. The molecule has 1 saturated heterocycles. The van der Waals surface area contributed by atoms with E-state index in [4.69, 9.17) is 5.11 Å². The van der Waals surface area contributed by atoms with Gasteiger partial charge in [-0.1, -0.05) is 32.8 Å². The van der Waals surface area contributed by atoms with Crippen LogP contribution in [0.1, 0.15) is 46.0 Å². The van der Waals surface area contributed by atoms with Gasteiger partial charge in [0.25, 0.3) is 0 Å². The largest absolute Gasteiger partial charge is 0.480 e. The summed E-state index contributed by atoms with van der Waals surface area (Å²) in [6.45, 7) is 9.32. The Labute approximate surface area is 121 Å². The van der Waals surface area contributed by atoms with Crippen LogP contribution in [0, 0.1) is 5.41 Å². The van der Waals surface area contributed by atoms with E-state index in [1.165, 1.54) is 6.08 Å². The number of carboxylic acids is 1. The van der Waals surface area contributed by atoms with Crippen LogP contribution >= 0.6 is 0 Å². The van der Waals surface area contributed by atoms with Gasteiger partial charge in [-0.15, -0.1) is 6.58 Å². The third-order valence-corrected chi connectivity index (χ3v) is 4.61. The van der Waals surface area contributed by atoms with Gasteiger partial charge < -0.3 is 15.3 Å². The van der Waals surface area contributed by atoms with Gasteiger partial charge in [0.15, 0.2) is 0 Å². The van der Waals surface area contributed by atoms with Crippen molar-refractivity contribution in [2.24, 2.45) is 5.41 Å². The Bertz CT molecular complexity index is 354. The first kappa shape index (κ1) is 16.5. The summed E-state index contributed by atoms with van der Waals surface area (Å²) in [6, 6.07) is -1.16. The number of likely N-dealkylation sites (tertiary alicyclic amines) is 1. The number of urea groups is 1. The van der Waals surface area contributed by atoms with Gasteiger partial charge in [-0.05, 0) is 24.7 Å². The summed E-state index contributed by atoms with van der Waals surface area (Å²) in [5, 5.41) is 11.6. The second-order valence-corrected chi connectivity index (χ2v) is 5.56. The summed E-state index contributed by atoms with van der Waals surface area (Å²) in [5.41, 5.74) is 0.351. The maximum atomic E-state index is 12.1. The fourth-order valence-corrected chi connectivity index (χ4v) is 2.77. The Kier molecular flexibility index (Phi) is 6.05. The van der Waals surface area contributed by atoms with Crippen molar-refractivity contribution in [1.29, 1.82) is 0 Å². The molecular weight excluding hydrogens is 256 g/mol. The number of carbonyl (C=O) groups excluding carboxylic acids is 1. The van der Waals surface area contributed by atoms with Gasteiger partial charge in [-0.25, -0.2) is 9.59 Å². The highest BCUT2D eigenvalue weighted by Gasteiger charge is 2.33. The number of piperidine rings is 1. The molecule has 1 rings (SSSR count). The molecule has 1 fully saturated rings. The number of amides is 2. The van der Waals surface area contributed by atoms with E-state index in [0.29, 0.717) is 18.5 Å². The Morgan fingerprint density at radius 2 is 1.90 bits per heavy atom. The number of aliphatic carboxylic acids is 1. The minimum atomic E-state index is -1.02. The fraction of sp³-hybridized carbons (Fsp3) is 0.733.